The number of nitrogens with one attached hydrogen (secondary N) is 2. The van der Waals surface area contributed by atoms with Crippen molar-refractivity contribution in [2.24, 2.45) is 11.7 Å². The monoisotopic (exact) mass is 552 g/mol. The molecule has 3 rings (SSSR count). The Morgan fingerprint density at radius 1 is 1.07 bits per heavy atom. The molecule has 0 bridgehead atoms. The minimum Gasteiger partial charge on any atom is -0.497 e. The number of carbonyl (C=O) groups excluding carboxylic acids is 4. The SMILES string of the molecule is COc1ccc(NC(=O)C(c2ccc(C)cc2C)N(C(=O)C(CC(N)=O)NC(=O)OC(C)(C)C)C2CC2C)cc1. The number of hydrogen-bond acceptors (Lipinski definition) is 6. The molecule has 0 radical (unpaired) electrons. The van der Waals surface area contributed by atoms with E-state index in [0.717, 1.165) is 11.1 Å². The maximum absolute atomic E-state index is 14.2. The summed E-state index contributed by atoms with van der Waals surface area (Å²) in [7, 11) is 1.55. The standard InChI is InChI=1S/C30H40N4O6/c1-17-8-13-22(18(2)14-17)26(27(36)32-20-9-11-21(39-7)12-10-20)34(24-15-19(24)3)28(37)23(16-25(31)35)33-29(38)40-30(4,5)6/h8-14,19,23-24,26H,15-16H2,1-7H3,(H2,31,35)(H,32,36)(H,33,38). The molecule has 1 saturated carbocycles. The van der Waals surface area contributed by atoms with E-state index in [2.05, 4.69) is 10.6 Å². The number of nitrogens with two attached hydrogens (primary N) is 1. The van der Waals surface area contributed by atoms with Crippen molar-refractivity contribution >= 4 is 29.5 Å². The third kappa shape index (κ3) is 7.97. The van der Waals surface area contributed by atoms with Crippen LogP contribution in [0.3, 0.4) is 0 Å². The van der Waals surface area contributed by atoms with Crippen LogP contribution in [0.2, 0.25) is 0 Å². The summed E-state index contributed by atoms with van der Waals surface area (Å²) in [6.07, 6.45) is -0.643. The maximum Gasteiger partial charge on any atom is 0.408 e. The molecule has 1 aliphatic carbocycles. The van der Waals surface area contributed by atoms with Gasteiger partial charge in [-0.2, -0.15) is 0 Å². The Bertz CT molecular complexity index is 1250. The van der Waals surface area contributed by atoms with Gasteiger partial charge >= 0.3 is 6.09 Å². The van der Waals surface area contributed by atoms with E-state index < -0.39 is 47.9 Å². The fourth-order valence-electron chi connectivity index (χ4n) is 4.64. The van der Waals surface area contributed by atoms with Crippen molar-refractivity contribution in [1.29, 1.82) is 0 Å². The Kier molecular flexibility index (Phi) is 9.44. The van der Waals surface area contributed by atoms with E-state index in [-0.39, 0.29) is 12.0 Å². The van der Waals surface area contributed by atoms with Gasteiger partial charge in [0.25, 0.3) is 5.91 Å². The van der Waals surface area contributed by atoms with Crippen LogP contribution in [-0.4, -0.2) is 53.5 Å². The number of methoxy groups -OCH3 is 1. The molecule has 4 amide bonds. The Labute approximate surface area is 235 Å². The molecule has 40 heavy (non-hydrogen) atoms. The lowest BCUT2D eigenvalue weighted by Crippen LogP contribution is -2.54. The zero-order valence-electron chi connectivity index (χ0n) is 24.2. The Hall–Kier alpha value is -4.08. The second-order valence-corrected chi connectivity index (χ2v) is 11.4. The van der Waals surface area contributed by atoms with Crippen LogP contribution in [0, 0.1) is 19.8 Å². The van der Waals surface area contributed by atoms with Crippen LogP contribution in [0.15, 0.2) is 42.5 Å². The molecule has 0 aromatic heterocycles. The van der Waals surface area contributed by atoms with Gasteiger partial charge in [-0.1, -0.05) is 30.7 Å². The van der Waals surface area contributed by atoms with Gasteiger partial charge in [-0.25, -0.2) is 4.79 Å². The molecule has 216 valence electrons. The van der Waals surface area contributed by atoms with Crippen molar-refractivity contribution in [3.8, 4) is 5.75 Å². The third-order valence-corrected chi connectivity index (χ3v) is 6.68. The number of ether oxygens (including phenoxy) is 2. The number of benzene rings is 2. The predicted molar refractivity (Wildman–Crippen MR) is 152 cm³/mol. The molecule has 2 aromatic rings. The van der Waals surface area contributed by atoms with E-state index in [1.54, 1.807) is 52.1 Å². The molecule has 1 aliphatic rings. The van der Waals surface area contributed by atoms with Gasteiger partial charge in [0.1, 0.15) is 23.4 Å². The number of nitrogens with zero attached hydrogens (tertiary/aromatic N) is 1. The highest BCUT2D eigenvalue weighted by molar-refractivity contribution is 6.00. The second-order valence-electron chi connectivity index (χ2n) is 11.4. The Morgan fingerprint density at radius 2 is 1.70 bits per heavy atom. The molecule has 4 N–H and O–H groups in total. The van der Waals surface area contributed by atoms with Gasteiger partial charge < -0.3 is 30.7 Å². The number of anilines is 1. The summed E-state index contributed by atoms with van der Waals surface area (Å²) in [6, 6.07) is 9.89. The van der Waals surface area contributed by atoms with Crippen molar-refractivity contribution in [2.45, 2.75) is 78.1 Å². The lowest BCUT2D eigenvalue weighted by molar-refractivity contribution is -0.142. The minimum atomic E-state index is -1.32. The molecule has 2 aromatic carbocycles. The molecule has 10 nitrogen and oxygen atoms in total. The fourth-order valence-corrected chi connectivity index (χ4v) is 4.64. The van der Waals surface area contributed by atoms with Gasteiger partial charge in [-0.3, -0.25) is 14.4 Å². The van der Waals surface area contributed by atoms with Gasteiger partial charge in [-0.05, 0) is 82.3 Å². The van der Waals surface area contributed by atoms with E-state index in [1.165, 1.54) is 4.90 Å². The van der Waals surface area contributed by atoms with E-state index in [1.807, 2.05) is 39.0 Å². The lowest BCUT2D eigenvalue weighted by atomic mass is 9.95. The summed E-state index contributed by atoms with van der Waals surface area (Å²) in [5.41, 5.74) is 7.65. The molecular formula is C30H40N4O6. The quantitative estimate of drug-likeness (QED) is 0.407. The highest BCUT2D eigenvalue weighted by Gasteiger charge is 2.48. The van der Waals surface area contributed by atoms with Gasteiger partial charge in [0.15, 0.2) is 0 Å². The molecule has 10 heteroatoms. The smallest absolute Gasteiger partial charge is 0.408 e. The summed E-state index contributed by atoms with van der Waals surface area (Å²) in [5, 5.41) is 5.44. The number of carbonyl (C=O) groups is 4. The Morgan fingerprint density at radius 3 is 2.20 bits per heavy atom. The topological polar surface area (TPSA) is 140 Å². The molecule has 4 unspecified atom stereocenters. The van der Waals surface area contributed by atoms with Crippen LogP contribution >= 0.6 is 0 Å². The van der Waals surface area contributed by atoms with E-state index in [4.69, 9.17) is 15.2 Å². The summed E-state index contributed by atoms with van der Waals surface area (Å²) in [6.45, 7) is 10.9. The van der Waals surface area contributed by atoms with Crippen molar-refractivity contribution in [2.75, 3.05) is 12.4 Å². The zero-order chi connectivity index (χ0) is 29.8. The van der Waals surface area contributed by atoms with Crippen molar-refractivity contribution in [3.63, 3.8) is 0 Å². The summed E-state index contributed by atoms with van der Waals surface area (Å²) in [5.74, 6) is -1.05. The fraction of sp³-hybridized carbons (Fsp3) is 0.467. The molecule has 1 fully saturated rings. The van der Waals surface area contributed by atoms with Crippen LogP contribution in [0.4, 0.5) is 10.5 Å². The number of primary amides is 1. The molecule has 0 aliphatic heterocycles. The molecule has 0 heterocycles. The highest BCUT2D eigenvalue weighted by Crippen LogP contribution is 2.42. The summed E-state index contributed by atoms with van der Waals surface area (Å²) >= 11 is 0. The molecule has 4 atom stereocenters. The van der Waals surface area contributed by atoms with Crippen LogP contribution in [0.5, 0.6) is 5.75 Å². The van der Waals surface area contributed by atoms with Crippen LogP contribution < -0.4 is 21.1 Å². The average molecular weight is 553 g/mol. The van der Waals surface area contributed by atoms with E-state index >= 15 is 0 Å². The normalized spacial score (nSPS) is 17.7. The Balaban J connectivity index is 2.05. The third-order valence-electron chi connectivity index (χ3n) is 6.68. The largest absolute Gasteiger partial charge is 0.497 e. The van der Waals surface area contributed by atoms with Crippen molar-refractivity contribution in [1.82, 2.24) is 10.2 Å². The van der Waals surface area contributed by atoms with Crippen LogP contribution in [-0.2, 0) is 19.1 Å². The molecule has 0 saturated heterocycles. The first-order valence-electron chi connectivity index (χ1n) is 13.3. The van der Waals surface area contributed by atoms with Gasteiger partial charge in [-0.15, -0.1) is 0 Å². The number of aryl methyl sites for hydroxylation is 2. The summed E-state index contributed by atoms with van der Waals surface area (Å²) < 4.78 is 10.5. The van der Waals surface area contributed by atoms with E-state index in [9.17, 15) is 19.2 Å². The van der Waals surface area contributed by atoms with Crippen molar-refractivity contribution < 1.29 is 28.7 Å². The maximum atomic E-state index is 14.2. The zero-order valence-corrected chi connectivity index (χ0v) is 24.2. The first kappa shape index (κ1) is 30.5. The van der Waals surface area contributed by atoms with Crippen LogP contribution in [0.1, 0.15) is 63.3 Å². The highest BCUT2D eigenvalue weighted by atomic mass is 16.6. The number of rotatable bonds is 10. The van der Waals surface area contributed by atoms with Gasteiger partial charge in [0.05, 0.1) is 13.5 Å². The summed E-state index contributed by atoms with van der Waals surface area (Å²) in [4.78, 5) is 54.3. The number of amides is 4. The first-order valence-corrected chi connectivity index (χ1v) is 13.3. The van der Waals surface area contributed by atoms with E-state index in [0.29, 0.717) is 23.4 Å². The number of hydrogen-bond donors (Lipinski definition) is 3. The van der Waals surface area contributed by atoms with Gasteiger partial charge in [0.2, 0.25) is 11.8 Å². The predicted octanol–water partition coefficient (Wildman–Crippen LogP) is 4.00. The average Bonchev–Trinajstić information content (AvgIpc) is 3.56. The first-order chi connectivity index (χ1) is 18.7. The number of alkyl carbamates (subject to hydrolysis) is 1. The van der Waals surface area contributed by atoms with Crippen molar-refractivity contribution in [3.05, 3.63) is 59.2 Å². The lowest BCUT2D eigenvalue weighted by Gasteiger charge is -2.35. The molecule has 0 spiro atoms. The van der Waals surface area contributed by atoms with Gasteiger partial charge in [0, 0.05) is 11.7 Å². The second kappa shape index (κ2) is 12.4. The van der Waals surface area contributed by atoms with Crippen LogP contribution in [0.25, 0.3) is 0 Å². The minimum absolute atomic E-state index is 0.113. The molecular weight excluding hydrogens is 512 g/mol.